The molecule has 0 spiro atoms. The highest BCUT2D eigenvalue weighted by molar-refractivity contribution is 5.95. The third kappa shape index (κ3) is 3.33. The van der Waals surface area contributed by atoms with Crippen molar-refractivity contribution in [3.8, 4) is 0 Å². The fraction of sp³-hybridized carbons (Fsp3) is 0.533. The van der Waals surface area contributed by atoms with E-state index in [0.717, 1.165) is 24.1 Å². The van der Waals surface area contributed by atoms with Gasteiger partial charge in [0, 0.05) is 37.9 Å². The van der Waals surface area contributed by atoms with E-state index in [4.69, 9.17) is 10.5 Å². The van der Waals surface area contributed by atoms with Crippen LogP contribution in [0.5, 0.6) is 0 Å². The zero-order valence-electron chi connectivity index (χ0n) is 11.5. The highest BCUT2D eigenvalue weighted by atomic mass is 16.5. The molecular weight excluding hydrogens is 240 g/mol. The van der Waals surface area contributed by atoms with Gasteiger partial charge in [-0.3, -0.25) is 4.79 Å². The molecule has 4 heteroatoms. The molecule has 0 aromatic heterocycles. The predicted octanol–water partition coefficient (Wildman–Crippen LogP) is 1.92. The number of anilines is 1. The van der Waals surface area contributed by atoms with E-state index in [0.29, 0.717) is 26.3 Å². The molecule has 1 aromatic rings. The SMILES string of the molecule is CCN(C(=O)C1CCOCC1)c1ccc(CN)cc1. The Morgan fingerprint density at radius 3 is 2.47 bits per heavy atom. The average Bonchev–Trinajstić information content (AvgIpc) is 2.49. The van der Waals surface area contributed by atoms with Crippen molar-refractivity contribution in [2.45, 2.75) is 26.3 Å². The molecule has 1 aliphatic heterocycles. The monoisotopic (exact) mass is 262 g/mol. The van der Waals surface area contributed by atoms with Crippen molar-refractivity contribution in [3.63, 3.8) is 0 Å². The molecule has 0 bridgehead atoms. The van der Waals surface area contributed by atoms with Crippen LogP contribution in [0.3, 0.4) is 0 Å². The molecule has 1 amide bonds. The first-order chi connectivity index (χ1) is 9.26. The molecule has 0 atom stereocenters. The van der Waals surface area contributed by atoms with Crippen LogP contribution in [0.2, 0.25) is 0 Å². The van der Waals surface area contributed by atoms with E-state index < -0.39 is 0 Å². The van der Waals surface area contributed by atoms with E-state index >= 15 is 0 Å². The van der Waals surface area contributed by atoms with Gasteiger partial charge in [-0.2, -0.15) is 0 Å². The summed E-state index contributed by atoms with van der Waals surface area (Å²) in [5.74, 6) is 0.314. The van der Waals surface area contributed by atoms with Gasteiger partial charge in [-0.05, 0) is 37.5 Å². The van der Waals surface area contributed by atoms with Crippen LogP contribution in [0.15, 0.2) is 24.3 Å². The molecule has 1 saturated heterocycles. The smallest absolute Gasteiger partial charge is 0.230 e. The lowest BCUT2D eigenvalue weighted by Crippen LogP contribution is -2.38. The third-order valence-corrected chi connectivity index (χ3v) is 3.64. The van der Waals surface area contributed by atoms with E-state index in [1.54, 1.807) is 0 Å². The molecule has 0 radical (unpaired) electrons. The van der Waals surface area contributed by atoms with Crippen LogP contribution < -0.4 is 10.6 Å². The summed E-state index contributed by atoms with van der Waals surface area (Å²) in [6, 6.07) is 7.91. The summed E-state index contributed by atoms with van der Waals surface area (Å²) in [5.41, 5.74) is 7.63. The topological polar surface area (TPSA) is 55.6 Å². The van der Waals surface area contributed by atoms with Crippen LogP contribution in [-0.4, -0.2) is 25.7 Å². The van der Waals surface area contributed by atoms with Gasteiger partial charge < -0.3 is 15.4 Å². The van der Waals surface area contributed by atoms with E-state index in [2.05, 4.69) is 0 Å². The van der Waals surface area contributed by atoms with Gasteiger partial charge in [-0.25, -0.2) is 0 Å². The largest absolute Gasteiger partial charge is 0.381 e. The molecule has 0 saturated carbocycles. The van der Waals surface area contributed by atoms with Crippen LogP contribution in [0.25, 0.3) is 0 Å². The highest BCUT2D eigenvalue weighted by Crippen LogP contribution is 2.22. The van der Waals surface area contributed by atoms with Gasteiger partial charge in [0.15, 0.2) is 0 Å². The minimum absolute atomic E-state index is 0.0999. The van der Waals surface area contributed by atoms with Gasteiger partial charge in [0.05, 0.1) is 0 Å². The predicted molar refractivity (Wildman–Crippen MR) is 75.9 cm³/mol. The van der Waals surface area contributed by atoms with Crippen LogP contribution in [0.1, 0.15) is 25.3 Å². The Hall–Kier alpha value is -1.39. The third-order valence-electron chi connectivity index (χ3n) is 3.64. The number of hydrogen-bond donors (Lipinski definition) is 1. The lowest BCUT2D eigenvalue weighted by molar-refractivity contribution is -0.125. The molecule has 2 N–H and O–H groups in total. The molecule has 104 valence electrons. The molecule has 1 aliphatic rings. The van der Waals surface area contributed by atoms with Crippen molar-refractivity contribution in [1.82, 2.24) is 0 Å². The molecule has 2 rings (SSSR count). The number of ether oxygens (including phenoxy) is 1. The van der Waals surface area contributed by atoms with Gasteiger partial charge in [0.1, 0.15) is 0 Å². The first kappa shape index (κ1) is 14.0. The number of benzene rings is 1. The summed E-state index contributed by atoms with van der Waals surface area (Å²) in [6.07, 6.45) is 1.66. The van der Waals surface area contributed by atoms with Crippen molar-refractivity contribution < 1.29 is 9.53 Å². The van der Waals surface area contributed by atoms with Gasteiger partial charge in [0.25, 0.3) is 0 Å². The van der Waals surface area contributed by atoms with Gasteiger partial charge in [-0.1, -0.05) is 12.1 Å². The maximum Gasteiger partial charge on any atom is 0.230 e. The first-order valence-corrected chi connectivity index (χ1v) is 6.94. The Kier molecular flexibility index (Phi) is 4.93. The lowest BCUT2D eigenvalue weighted by Gasteiger charge is -2.28. The Morgan fingerprint density at radius 1 is 1.32 bits per heavy atom. The molecule has 0 unspecified atom stereocenters. The molecule has 1 aromatic carbocycles. The Bertz CT molecular complexity index is 411. The van der Waals surface area contributed by atoms with E-state index in [1.165, 1.54) is 0 Å². The van der Waals surface area contributed by atoms with Crippen LogP contribution >= 0.6 is 0 Å². The number of nitrogens with two attached hydrogens (primary N) is 1. The zero-order chi connectivity index (χ0) is 13.7. The van der Waals surface area contributed by atoms with E-state index in [9.17, 15) is 4.79 Å². The molecule has 19 heavy (non-hydrogen) atoms. The second kappa shape index (κ2) is 6.68. The minimum Gasteiger partial charge on any atom is -0.381 e. The van der Waals surface area contributed by atoms with Gasteiger partial charge in [0.2, 0.25) is 5.91 Å². The van der Waals surface area contributed by atoms with Crippen molar-refractivity contribution >= 4 is 11.6 Å². The normalized spacial score (nSPS) is 16.3. The summed E-state index contributed by atoms with van der Waals surface area (Å²) in [4.78, 5) is 14.4. The number of amides is 1. The first-order valence-electron chi connectivity index (χ1n) is 6.94. The fourth-order valence-corrected chi connectivity index (χ4v) is 2.44. The van der Waals surface area contributed by atoms with Gasteiger partial charge in [-0.15, -0.1) is 0 Å². The number of rotatable bonds is 4. The summed E-state index contributed by atoms with van der Waals surface area (Å²) in [6.45, 7) is 4.62. The summed E-state index contributed by atoms with van der Waals surface area (Å²) >= 11 is 0. The van der Waals surface area contributed by atoms with Crippen molar-refractivity contribution in [2.24, 2.45) is 11.7 Å². The minimum atomic E-state index is 0.0999. The number of carbonyl (C=O) groups excluding carboxylic acids is 1. The maximum absolute atomic E-state index is 12.5. The number of nitrogens with zero attached hydrogens (tertiary/aromatic N) is 1. The number of carbonyl (C=O) groups is 1. The Labute approximate surface area is 114 Å². The van der Waals surface area contributed by atoms with Gasteiger partial charge >= 0.3 is 0 Å². The van der Waals surface area contributed by atoms with E-state index in [-0.39, 0.29) is 11.8 Å². The van der Waals surface area contributed by atoms with Crippen LogP contribution in [0, 0.1) is 5.92 Å². The summed E-state index contributed by atoms with van der Waals surface area (Å²) in [5, 5.41) is 0. The van der Waals surface area contributed by atoms with Crippen LogP contribution in [-0.2, 0) is 16.1 Å². The molecule has 4 nitrogen and oxygen atoms in total. The van der Waals surface area contributed by atoms with Crippen LogP contribution in [0.4, 0.5) is 5.69 Å². The highest BCUT2D eigenvalue weighted by Gasteiger charge is 2.26. The second-order valence-electron chi connectivity index (χ2n) is 4.84. The quantitative estimate of drug-likeness (QED) is 0.902. The maximum atomic E-state index is 12.5. The summed E-state index contributed by atoms with van der Waals surface area (Å²) in [7, 11) is 0. The fourth-order valence-electron chi connectivity index (χ4n) is 2.44. The van der Waals surface area contributed by atoms with Crippen molar-refractivity contribution in [1.29, 1.82) is 0 Å². The molecule has 0 aliphatic carbocycles. The lowest BCUT2D eigenvalue weighted by atomic mass is 9.98. The second-order valence-corrected chi connectivity index (χ2v) is 4.84. The standard InChI is InChI=1S/C15H22N2O2/c1-2-17(14-5-3-12(11-16)4-6-14)15(18)13-7-9-19-10-8-13/h3-6,13H,2,7-11,16H2,1H3. The number of hydrogen-bond acceptors (Lipinski definition) is 3. The molecule has 1 heterocycles. The molecular formula is C15H22N2O2. The Morgan fingerprint density at radius 2 is 1.95 bits per heavy atom. The summed E-state index contributed by atoms with van der Waals surface area (Å²) < 4.78 is 5.31. The van der Waals surface area contributed by atoms with Crippen molar-refractivity contribution in [3.05, 3.63) is 29.8 Å². The average molecular weight is 262 g/mol. The molecule has 1 fully saturated rings. The Balaban J connectivity index is 2.11. The van der Waals surface area contributed by atoms with E-state index in [1.807, 2.05) is 36.1 Å². The van der Waals surface area contributed by atoms with Crippen molar-refractivity contribution in [2.75, 3.05) is 24.7 Å². The zero-order valence-corrected chi connectivity index (χ0v) is 11.5.